The molecule has 0 saturated heterocycles. The van der Waals surface area contributed by atoms with E-state index in [2.05, 4.69) is 17.2 Å². The zero-order valence-electron chi connectivity index (χ0n) is 7.84. The van der Waals surface area contributed by atoms with Crippen molar-refractivity contribution in [3.63, 3.8) is 0 Å². The summed E-state index contributed by atoms with van der Waals surface area (Å²) in [5, 5.41) is 13.6. The second-order valence-electron chi connectivity index (χ2n) is 2.82. The van der Waals surface area contributed by atoms with E-state index in [1.807, 2.05) is 0 Å². The molecular formula is C8H13ClN2O3. The second kappa shape index (κ2) is 6.26. The maximum atomic E-state index is 11.0. The first kappa shape index (κ1) is 12.8. The van der Waals surface area contributed by atoms with Gasteiger partial charge in [-0.25, -0.2) is 4.79 Å². The smallest absolute Gasteiger partial charge is 0.315 e. The van der Waals surface area contributed by atoms with Gasteiger partial charge in [-0.2, -0.15) is 0 Å². The van der Waals surface area contributed by atoms with Gasteiger partial charge in [-0.15, -0.1) is 0 Å². The number of aliphatic carboxylic acids is 1. The van der Waals surface area contributed by atoms with Gasteiger partial charge >= 0.3 is 12.0 Å². The van der Waals surface area contributed by atoms with Crippen LogP contribution in [0.1, 0.15) is 6.92 Å². The van der Waals surface area contributed by atoms with Crippen molar-refractivity contribution < 1.29 is 14.7 Å². The predicted molar refractivity (Wildman–Crippen MR) is 53.2 cm³/mol. The number of urea groups is 1. The quantitative estimate of drug-likeness (QED) is 0.640. The van der Waals surface area contributed by atoms with E-state index in [-0.39, 0.29) is 13.1 Å². The minimum Gasteiger partial charge on any atom is -0.481 e. The highest BCUT2D eigenvalue weighted by Crippen LogP contribution is 1.93. The zero-order chi connectivity index (χ0) is 11.1. The van der Waals surface area contributed by atoms with Gasteiger partial charge in [0.05, 0.1) is 12.5 Å². The average molecular weight is 221 g/mol. The van der Waals surface area contributed by atoms with E-state index >= 15 is 0 Å². The molecule has 0 aromatic carbocycles. The summed E-state index contributed by atoms with van der Waals surface area (Å²) >= 11 is 5.40. The van der Waals surface area contributed by atoms with E-state index in [4.69, 9.17) is 16.7 Å². The van der Waals surface area contributed by atoms with Gasteiger partial charge < -0.3 is 15.7 Å². The number of hydrogen-bond acceptors (Lipinski definition) is 2. The normalized spacial score (nSPS) is 11.6. The molecule has 0 aliphatic heterocycles. The lowest BCUT2D eigenvalue weighted by Gasteiger charge is -2.09. The van der Waals surface area contributed by atoms with Crippen molar-refractivity contribution in [2.45, 2.75) is 6.92 Å². The molecule has 6 heteroatoms. The first-order chi connectivity index (χ1) is 6.43. The SMILES string of the molecule is C=C(Cl)CNC(=O)NCC(C)C(=O)O. The molecule has 0 fully saturated rings. The summed E-state index contributed by atoms with van der Waals surface area (Å²) in [5.74, 6) is -1.56. The van der Waals surface area contributed by atoms with Crippen molar-refractivity contribution in [3.8, 4) is 0 Å². The predicted octanol–water partition coefficient (Wildman–Crippen LogP) is 0.759. The molecule has 0 rings (SSSR count). The standard InChI is InChI=1S/C8H13ClN2O3/c1-5(7(12)13)3-10-8(14)11-4-6(2)9/h5H,2-4H2,1H3,(H,12,13)(H2,10,11,14). The molecule has 80 valence electrons. The Kier molecular flexibility index (Phi) is 5.71. The second-order valence-corrected chi connectivity index (χ2v) is 3.35. The van der Waals surface area contributed by atoms with Gasteiger partial charge in [-0.05, 0) is 0 Å². The third-order valence-corrected chi connectivity index (χ3v) is 1.56. The van der Waals surface area contributed by atoms with E-state index in [0.717, 1.165) is 0 Å². The molecule has 0 heterocycles. The van der Waals surface area contributed by atoms with E-state index in [0.29, 0.717) is 5.03 Å². The summed E-state index contributed by atoms with van der Waals surface area (Å²) in [6.07, 6.45) is 0. The minimum absolute atomic E-state index is 0.0793. The van der Waals surface area contributed by atoms with Crippen LogP contribution in [-0.4, -0.2) is 30.2 Å². The zero-order valence-corrected chi connectivity index (χ0v) is 8.60. The highest BCUT2D eigenvalue weighted by atomic mass is 35.5. The molecule has 2 amide bonds. The monoisotopic (exact) mass is 220 g/mol. The van der Waals surface area contributed by atoms with E-state index < -0.39 is 17.9 Å². The van der Waals surface area contributed by atoms with E-state index in [9.17, 15) is 9.59 Å². The molecule has 0 spiro atoms. The van der Waals surface area contributed by atoms with Gasteiger partial charge in [0.2, 0.25) is 0 Å². The van der Waals surface area contributed by atoms with Crippen molar-refractivity contribution in [2.24, 2.45) is 5.92 Å². The molecule has 14 heavy (non-hydrogen) atoms. The minimum atomic E-state index is -0.952. The van der Waals surface area contributed by atoms with E-state index in [1.165, 1.54) is 6.92 Å². The number of carbonyl (C=O) groups excluding carboxylic acids is 1. The Morgan fingerprint density at radius 3 is 2.50 bits per heavy atom. The highest BCUT2D eigenvalue weighted by molar-refractivity contribution is 6.29. The number of rotatable bonds is 5. The molecule has 0 aliphatic rings. The Bertz CT molecular complexity index is 243. The van der Waals surface area contributed by atoms with Gasteiger partial charge in [0.1, 0.15) is 0 Å². The molecule has 5 nitrogen and oxygen atoms in total. The summed E-state index contributed by atoms with van der Waals surface area (Å²) in [4.78, 5) is 21.3. The third kappa shape index (κ3) is 6.30. The third-order valence-electron chi connectivity index (χ3n) is 1.43. The number of carboxylic acids is 1. The molecule has 1 unspecified atom stereocenters. The lowest BCUT2D eigenvalue weighted by Crippen LogP contribution is -2.39. The fourth-order valence-electron chi connectivity index (χ4n) is 0.572. The molecule has 0 aromatic heterocycles. The Morgan fingerprint density at radius 2 is 2.07 bits per heavy atom. The van der Waals surface area contributed by atoms with Crippen molar-refractivity contribution >= 4 is 23.6 Å². The Morgan fingerprint density at radius 1 is 1.50 bits per heavy atom. The van der Waals surface area contributed by atoms with Crippen molar-refractivity contribution in [1.82, 2.24) is 10.6 Å². The Balaban J connectivity index is 3.64. The van der Waals surface area contributed by atoms with Crippen LogP contribution in [0.25, 0.3) is 0 Å². The lowest BCUT2D eigenvalue weighted by molar-refractivity contribution is -0.140. The van der Waals surface area contributed by atoms with Crippen molar-refractivity contribution in [1.29, 1.82) is 0 Å². The van der Waals surface area contributed by atoms with Crippen LogP contribution in [0, 0.1) is 5.92 Å². The van der Waals surface area contributed by atoms with Crippen LogP contribution >= 0.6 is 11.6 Å². The summed E-state index contributed by atoms with van der Waals surface area (Å²) in [6, 6.07) is -0.458. The van der Waals surface area contributed by atoms with Crippen LogP contribution in [0.15, 0.2) is 11.6 Å². The molecule has 0 aliphatic carbocycles. The van der Waals surface area contributed by atoms with Gasteiger partial charge in [0, 0.05) is 11.6 Å². The maximum absolute atomic E-state index is 11.0. The topological polar surface area (TPSA) is 78.4 Å². The van der Waals surface area contributed by atoms with Crippen LogP contribution in [0.3, 0.4) is 0 Å². The fourth-order valence-corrected chi connectivity index (χ4v) is 0.639. The molecule has 0 aromatic rings. The largest absolute Gasteiger partial charge is 0.481 e. The fraction of sp³-hybridized carbons (Fsp3) is 0.500. The van der Waals surface area contributed by atoms with Crippen LogP contribution in [0.5, 0.6) is 0 Å². The number of hydrogen-bond donors (Lipinski definition) is 3. The highest BCUT2D eigenvalue weighted by Gasteiger charge is 2.11. The number of nitrogens with one attached hydrogen (secondary N) is 2. The van der Waals surface area contributed by atoms with Gasteiger partial charge in [-0.1, -0.05) is 25.1 Å². The van der Waals surface area contributed by atoms with Crippen LogP contribution in [0.2, 0.25) is 0 Å². The van der Waals surface area contributed by atoms with Crippen LogP contribution < -0.4 is 10.6 Å². The van der Waals surface area contributed by atoms with Gasteiger partial charge in [-0.3, -0.25) is 4.79 Å². The summed E-state index contributed by atoms with van der Waals surface area (Å²) in [7, 11) is 0. The molecule has 3 N–H and O–H groups in total. The maximum Gasteiger partial charge on any atom is 0.315 e. The molecule has 0 saturated carbocycles. The van der Waals surface area contributed by atoms with Crippen molar-refractivity contribution in [2.75, 3.05) is 13.1 Å². The Labute approximate surface area is 87.1 Å². The first-order valence-corrected chi connectivity index (χ1v) is 4.39. The number of carbonyl (C=O) groups is 2. The number of carboxylic acid groups (broad SMARTS) is 1. The number of amides is 2. The summed E-state index contributed by atoms with van der Waals surface area (Å²) < 4.78 is 0. The van der Waals surface area contributed by atoms with Crippen LogP contribution in [-0.2, 0) is 4.79 Å². The lowest BCUT2D eigenvalue weighted by atomic mass is 10.2. The average Bonchev–Trinajstić information content (AvgIpc) is 2.10. The molecule has 1 atom stereocenters. The summed E-state index contributed by atoms with van der Waals surface area (Å²) in [6.45, 7) is 5.12. The first-order valence-electron chi connectivity index (χ1n) is 4.01. The van der Waals surface area contributed by atoms with Gasteiger partial charge in [0.15, 0.2) is 0 Å². The Hall–Kier alpha value is -1.23. The van der Waals surface area contributed by atoms with Crippen molar-refractivity contribution in [3.05, 3.63) is 11.6 Å². The van der Waals surface area contributed by atoms with Crippen LogP contribution in [0.4, 0.5) is 4.79 Å². The van der Waals surface area contributed by atoms with Gasteiger partial charge in [0.25, 0.3) is 0 Å². The number of halogens is 1. The molecule has 0 bridgehead atoms. The molecular weight excluding hydrogens is 208 g/mol. The molecule has 0 radical (unpaired) electrons. The van der Waals surface area contributed by atoms with E-state index in [1.54, 1.807) is 0 Å². The summed E-state index contributed by atoms with van der Waals surface area (Å²) in [5.41, 5.74) is 0.